The van der Waals surface area contributed by atoms with Crippen molar-refractivity contribution in [2.24, 2.45) is 0 Å². The van der Waals surface area contributed by atoms with Crippen LogP contribution in [-0.4, -0.2) is 18.5 Å². The van der Waals surface area contributed by atoms with Crippen LogP contribution in [0, 0.1) is 20.8 Å². The van der Waals surface area contributed by atoms with Crippen LogP contribution in [0.25, 0.3) is 0 Å². The van der Waals surface area contributed by atoms with Crippen LogP contribution in [0.1, 0.15) is 16.7 Å². The summed E-state index contributed by atoms with van der Waals surface area (Å²) in [6, 6.07) is 14.1. The highest BCUT2D eigenvalue weighted by atomic mass is 32.2. The van der Waals surface area contributed by atoms with Gasteiger partial charge in [-0.05, 0) is 74.4 Å². The summed E-state index contributed by atoms with van der Waals surface area (Å²) in [5.41, 5.74) is 4.70. The van der Waals surface area contributed by atoms with Crippen LogP contribution < -0.4 is 15.4 Å². The molecule has 0 saturated heterocycles. The zero-order valence-corrected chi connectivity index (χ0v) is 18.0. The second kappa shape index (κ2) is 8.59. The fraction of sp³-hybridized carbons (Fsp3) is 0.143. The molecule has 6 nitrogen and oxygen atoms in total. The molecule has 0 aliphatic heterocycles. The second-order valence-corrected chi connectivity index (χ2v) is 8.81. The Kier molecular flexibility index (Phi) is 6.14. The van der Waals surface area contributed by atoms with Crippen molar-refractivity contribution in [1.29, 1.82) is 0 Å². The maximum absolute atomic E-state index is 12.9. The first-order chi connectivity index (χ1) is 13.7. The molecule has 0 unspecified atom stereocenters. The van der Waals surface area contributed by atoms with Crippen molar-refractivity contribution in [1.82, 2.24) is 4.98 Å². The molecule has 150 valence electrons. The third-order valence-corrected chi connectivity index (χ3v) is 5.88. The lowest BCUT2D eigenvalue weighted by molar-refractivity contribution is 0.601. The van der Waals surface area contributed by atoms with E-state index in [0.29, 0.717) is 16.5 Å². The number of pyridine rings is 1. The number of nitrogens with zero attached hydrogens (tertiary/aromatic N) is 1. The molecule has 2 aromatic carbocycles. The van der Waals surface area contributed by atoms with E-state index in [1.165, 1.54) is 0 Å². The van der Waals surface area contributed by atoms with Crippen molar-refractivity contribution in [3.05, 3.63) is 77.6 Å². The van der Waals surface area contributed by atoms with Crippen LogP contribution in [0.2, 0.25) is 0 Å². The van der Waals surface area contributed by atoms with Gasteiger partial charge in [-0.15, -0.1) is 0 Å². The first-order valence-electron chi connectivity index (χ1n) is 8.93. The van der Waals surface area contributed by atoms with E-state index in [9.17, 15) is 8.42 Å². The van der Waals surface area contributed by atoms with E-state index in [1.54, 1.807) is 42.7 Å². The molecule has 0 saturated carbocycles. The van der Waals surface area contributed by atoms with Gasteiger partial charge in [-0.2, -0.15) is 0 Å². The average Bonchev–Trinajstić information content (AvgIpc) is 2.66. The molecule has 8 heteroatoms. The third-order valence-electron chi connectivity index (χ3n) is 4.31. The van der Waals surface area contributed by atoms with Gasteiger partial charge in [0.25, 0.3) is 10.0 Å². The van der Waals surface area contributed by atoms with Gasteiger partial charge in [-0.3, -0.25) is 9.71 Å². The molecule has 0 radical (unpaired) electrons. The average molecular weight is 427 g/mol. The molecule has 0 fully saturated rings. The van der Waals surface area contributed by atoms with Gasteiger partial charge in [-0.25, -0.2) is 8.42 Å². The minimum atomic E-state index is -3.75. The van der Waals surface area contributed by atoms with Crippen LogP contribution in [0.5, 0.6) is 0 Å². The minimum absolute atomic E-state index is 0.148. The largest absolute Gasteiger partial charge is 0.332 e. The maximum atomic E-state index is 12.9. The smallest absolute Gasteiger partial charge is 0.261 e. The summed E-state index contributed by atoms with van der Waals surface area (Å²) in [6.45, 7) is 5.71. The number of benzene rings is 2. The Morgan fingerprint density at radius 3 is 2.41 bits per heavy atom. The van der Waals surface area contributed by atoms with Gasteiger partial charge in [0.1, 0.15) is 0 Å². The Morgan fingerprint density at radius 1 is 0.931 bits per heavy atom. The number of aryl methyl sites for hydroxylation is 3. The van der Waals surface area contributed by atoms with Gasteiger partial charge in [0, 0.05) is 11.9 Å². The van der Waals surface area contributed by atoms with Crippen LogP contribution in [0.15, 0.2) is 65.8 Å². The monoisotopic (exact) mass is 426 g/mol. The van der Waals surface area contributed by atoms with Gasteiger partial charge in [-0.1, -0.05) is 23.8 Å². The topological polar surface area (TPSA) is 83.1 Å². The molecule has 29 heavy (non-hydrogen) atoms. The standard InChI is InChI=1S/C21H22N4O2S2/c1-14-6-9-19(16(3)11-14)25-29(26,27)18-8-7-15(2)20(12-18)24-21(28)23-17-5-4-10-22-13-17/h4-13,25H,1-3H3,(H2,23,24,28). The van der Waals surface area contributed by atoms with Crippen molar-refractivity contribution in [2.75, 3.05) is 15.4 Å². The SMILES string of the molecule is Cc1ccc(NS(=O)(=O)c2ccc(C)c(NC(=S)Nc3cccnc3)c2)c(C)c1. The Bertz CT molecular complexity index is 1150. The number of thiocarbonyl (C=S) groups is 1. The summed E-state index contributed by atoms with van der Waals surface area (Å²) < 4.78 is 28.4. The predicted octanol–water partition coefficient (Wildman–Crippen LogP) is 4.62. The highest BCUT2D eigenvalue weighted by Gasteiger charge is 2.17. The van der Waals surface area contributed by atoms with E-state index in [-0.39, 0.29) is 4.90 Å². The molecule has 3 N–H and O–H groups in total. The number of sulfonamides is 1. The lowest BCUT2D eigenvalue weighted by Crippen LogP contribution is -2.20. The summed E-state index contributed by atoms with van der Waals surface area (Å²) in [5, 5.41) is 6.42. The molecule has 1 aromatic heterocycles. The predicted molar refractivity (Wildman–Crippen MR) is 122 cm³/mol. The number of hydrogen-bond donors (Lipinski definition) is 3. The van der Waals surface area contributed by atoms with E-state index in [0.717, 1.165) is 22.4 Å². The van der Waals surface area contributed by atoms with Gasteiger partial charge in [0.15, 0.2) is 5.11 Å². The second-order valence-electron chi connectivity index (χ2n) is 6.72. The Balaban J connectivity index is 1.81. The highest BCUT2D eigenvalue weighted by Crippen LogP contribution is 2.24. The van der Waals surface area contributed by atoms with Crippen molar-refractivity contribution in [2.45, 2.75) is 25.7 Å². The Morgan fingerprint density at radius 2 is 1.72 bits per heavy atom. The summed E-state index contributed by atoms with van der Waals surface area (Å²) >= 11 is 5.33. The number of rotatable bonds is 5. The first-order valence-corrected chi connectivity index (χ1v) is 10.8. The molecule has 0 aliphatic carbocycles. The molecule has 0 bridgehead atoms. The third kappa shape index (κ3) is 5.30. The van der Waals surface area contributed by atoms with Crippen molar-refractivity contribution in [3.63, 3.8) is 0 Å². The molecule has 0 aliphatic rings. The molecule has 3 aromatic rings. The zero-order chi connectivity index (χ0) is 21.0. The number of nitrogens with one attached hydrogen (secondary N) is 3. The normalized spacial score (nSPS) is 11.0. The number of anilines is 3. The summed E-state index contributed by atoms with van der Waals surface area (Å²) in [4.78, 5) is 4.17. The molecule has 0 spiro atoms. The Labute approximate surface area is 176 Å². The van der Waals surface area contributed by atoms with Gasteiger partial charge < -0.3 is 10.6 Å². The lowest BCUT2D eigenvalue weighted by Gasteiger charge is -2.15. The zero-order valence-electron chi connectivity index (χ0n) is 16.4. The fourth-order valence-corrected chi connectivity index (χ4v) is 4.14. The van der Waals surface area contributed by atoms with Crippen molar-refractivity contribution >= 4 is 44.4 Å². The van der Waals surface area contributed by atoms with Crippen LogP contribution in [-0.2, 0) is 10.0 Å². The molecule has 0 atom stereocenters. The summed E-state index contributed by atoms with van der Waals surface area (Å²) in [5.74, 6) is 0. The fourth-order valence-electron chi connectivity index (χ4n) is 2.76. The molecular formula is C21H22N4O2S2. The van der Waals surface area contributed by atoms with E-state index in [4.69, 9.17) is 12.2 Å². The van der Waals surface area contributed by atoms with E-state index in [1.807, 2.05) is 39.0 Å². The van der Waals surface area contributed by atoms with Gasteiger partial charge in [0.2, 0.25) is 0 Å². The van der Waals surface area contributed by atoms with Crippen LogP contribution in [0.4, 0.5) is 17.1 Å². The number of hydrogen-bond acceptors (Lipinski definition) is 4. The first kappa shape index (κ1) is 20.8. The summed E-state index contributed by atoms with van der Waals surface area (Å²) in [7, 11) is -3.75. The molecule has 3 rings (SSSR count). The van der Waals surface area contributed by atoms with E-state index >= 15 is 0 Å². The van der Waals surface area contributed by atoms with Gasteiger partial charge >= 0.3 is 0 Å². The minimum Gasteiger partial charge on any atom is -0.332 e. The van der Waals surface area contributed by atoms with Crippen LogP contribution >= 0.6 is 12.2 Å². The van der Waals surface area contributed by atoms with Crippen molar-refractivity contribution in [3.8, 4) is 0 Å². The molecule has 0 amide bonds. The summed E-state index contributed by atoms with van der Waals surface area (Å²) in [6.07, 6.45) is 3.32. The van der Waals surface area contributed by atoms with E-state index in [2.05, 4.69) is 20.3 Å². The lowest BCUT2D eigenvalue weighted by atomic mass is 10.1. The maximum Gasteiger partial charge on any atom is 0.261 e. The Hall–Kier alpha value is -2.97. The molecular weight excluding hydrogens is 404 g/mol. The molecule has 1 heterocycles. The van der Waals surface area contributed by atoms with Crippen LogP contribution in [0.3, 0.4) is 0 Å². The quantitative estimate of drug-likeness (QED) is 0.517. The van der Waals surface area contributed by atoms with Gasteiger partial charge in [0.05, 0.1) is 22.5 Å². The van der Waals surface area contributed by atoms with E-state index < -0.39 is 10.0 Å². The number of aromatic nitrogens is 1. The highest BCUT2D eigenvalue weighted by molar-refractivity contribution is 7.92. The van der Waals surface area contributed by atoms with Crippen molar-refractivity contribution < 1.29 is 8.42 Å².